The molecule has 0 aliphatic carbocycles. The van der Waals surface area contributed by atoms with Crippen molar-refractivity contribution in [3.05, 3.63) is 94.5 Å². The van der Waals surface area contributed by atoms with Gasteiger partial charge in [-0.05, 0) is 68.5 Å². The van der Waals surface area contributed by atoms with Gasteiger partial charge < -0.3 is 25.5 Å². The number of likely N-dealkylation sites (N-methyl/N-ethyl adjacent to an activating group) is 1. The number of benzene rings is 3. The molecule has 0 saturated carbocycles. The highest BCUT2D eigenvalue weighted by Crippen LogP contribution is 2.38. The summed E-state index contributed by atoms with van der Waals surface area (Å²) in [6.07, 6.45) is 0.783. The first-order chi connectivity index (χ1) is 18.3. The average molecular weight is 513 g/mol. The zero-order chi connectivity index (χ0) is 27.2. The number of anilines is 2. The Labute approximate surface area is 222 Å². The number of carbonyl (C=O) groups excluding carboxylic acids is 3. The van der Waals surface area contributed by atoms with Crippen molar-refractivity contribution in [1.82, 2.24) is 9.80 Å². The Morgan fingerprint density at radius 3 is 2.32 bits per heavy atom. The van der Waals surface area contributed by atoms with E-state index < -0.39 is 0 Å². The van der Waals surface area contributed by atoms with Crippen molar-refractivity contribution in [3.63, 3.8) is 0 Å². The van der Waals surface area contributed by atoms with Crippen molar-refractivity contribution >= 4 is 40.7 Å². The van der Waals surface area contributed by atoms with E-state index in [4.69, 9.17) is 0 Å². The van der Waals surface area contributed by atoms with Gasteiger partial charge >= 0.3 is 0 Å². The van der Waals surface area contributed by atoms with E-state index in [9.17, 15) is 19.5 Å². The number of nitrogens with one attached hydrogen (secondary N) is 2. The van der Waals surface area contributed by atoms with Gasteiger partial charge in [0.2, 0.25) is 0 Å². The van der Waals surface area contributed by atoms with Crippen molar-refractivity contribution in [2.75, 3.05) is 51.0 Å². The number of fused-ring (bicyclic) bond motifs is 1. The van der Waals surface area contributed by atoms with Gasteiger partial charge in [0, 0.05) is 47.7 Å². The van der Waals surface area contributed by atoms with E-state index in [-0.39, 0.29) is 25.0 Å². The molecule has 1 aliphatic rings. The highest BCUT2D eigenvalue weighted by Gasteiger charge is 2.29. The lowest BCUT2D eigenvalue weighted by Gasteiger charge is -2.24. The largest absolute Gasteiger partial charge is 0.395 e. The molecule has 1 heterocycles. The number of aliphatic hydroxyl groups excluding tert-OH is 1. The molecule has 196 valence electrons. The molecule has 0 fully saturated rings. The second-order valence-corrected chi connectivity index (χ2v) is 9.46. The topological polar surface area (TPSA) is 102 Å². The Kier molecular flexibility index (Phi) is 8.35. The third kappa shape index (κ3) is 5.82. The molecule has 0 bridgehead atoms. The summed E-state index contributed by atoms with van der Waals surface area (Å²) < 4.78 is 0. The third-order valence-electron chi connectivity index (χ3n) is 6.47. The number of hydrogen-bond acceptors (Lipinski definition) is 6. The minimum atomic E-state index is -0.263. The van der Waals surface area contributed by atoms with E-state index in [1.54, 1.807) is 35.2 Å². The van der Waals surface area contributed by atoms with Crippen LogP contribution in [0.3, 0.4) is 0 Å². The summed E-state index contributed by atoms with van der Waals surface area (Å²) in [6.45, 7) is 3.20. The molecule has 0 atom stereocenters. The van der Waals surface area contributed by atoms with E-state index in [2.05, 4.69) is 10.6 Å². The lowest BCUT2D eigenvalue weighted by Crippen LogP contribution is -2.38. The Balaban J connectivity index is 1.69. The van der Waals surface area contributed by atoms with Gasteiger partial charge in [0.25, 0.3) is 11.8 Å². The quantitative estimate of drug-likeness (QED) is 0.283. The highest BCUT2D eigenvalue weighted by atomic mass is 16.3. The van der Waals surface area contributed by atoms with E-state index in [1.807, 2.05) is 62.3 Å². The van der Waals surface area contributed by atoms with E-state index in [1.165, 1.54) is 0 Å². The number of nitrogens with zero attached hydrogens (tertiary/aromatic N) is 2. The van der Waals surface area contributed by atoms with Crippen molar-refractivity contribution in [2.45, 2.75) is 6.92 Å². The lowest BCUT2D eigenvalue weighted by atomic mass is 9.97. The van der Waals surface area contributed by atoms with E-state index in [0.29, 0.717) is 46.9 Å². The number of rotatable bonds is 10. The van der Waals surface area contributed by atoms with Gasteiger partial charge in [-0.3, -0.25) is 14.4 Å². The van der Waals surface area contributed by atoms with E-state index in [0.717, 1.165) is 23.0 Å². The monoisotopic (exact) mass is 512 g/mol. The third-order valence-corrected chi connectivity index (χ3v) is 6.47. The molecule has 4 rings (SSSR count). The molecule has 0 spiro atoms. The minimum Gasteiger partial charge on any atom is -0.395 e. The van der Waals surface area contributed by atoms with E-state index >= 15 is 0 Å². The predicted molar refractivity (Wildman–Crippen MR) is 150 cm³/mol. The standard InChI is InChI=1S/C30H32N4O4/c1-20-17-25-26(18-23(20)19-36)32-29(37)27(25)28(21-7-5-4-6-8-21)31-24-11-9-22(10-12-24)30(38)34(15-16-35)14-13-33(2)3/h4-12,17-19,31,35H,13-16H2,1-3H3,(H,32,37)/b28-27-. The van der Waals surface area contributed by atoms with Crippen LogP contribution in [0, 0.1) is 6.92 Å². The fourth-order valence-electron chi connectivity index (χ4n) is 4.38. The summed E-state index contributed by atoms with van der Waals surface area (Å²) in [7, 11) is 3.87. The maximum absolute atomic E-state index is 13.2. The van der Waals surface area contributed by atoms with Crippen LogP contribution in [-0.4, -0.2) is 73.3 Å². The maximum atomic E-state index is 13.2. The molecule has 1 aliphatic heterocycles. The van der Waals surface area contributed by atoms with Crippen molar-refractivity contribution < 1.29 is 19.5 Å². The first-order valence-electron chi connectivity index (χ1n) is 12.5. The van der Waals surface area contributed by atoms with Gasteiger partial charge in [-0.1, -0.05) is 30.3 Å². The summed E-state index contributed by atoms with van der Waals surface area (Å²) in [5.74, 6) is -0.416. The molecule has 2 amide bonds. The molecule has 0 unspecified atom stereocenters. The van der Waals surface area contributed by atoms with Crippen LogP contribution in [0.5, 0.6) is 0 Å². The fourth-order valence-corrected chi connectivity index (χ4v) is 4.38. The van der Waals surface area contributed by atoms with Crippen LogP contribution < -0.4 is 10.6 Å². The van der Waals surface area contributed by atoms with Gasteiger partial charge in [-0.15, -0.1) is 0 Å². The molecule has 3 aromatic carbocycles. The zero-order valence-corrected chi connectivity index (χ0v) is 21.8. The summed E-state index contributed by atoms with van der Waals surface area (Å²) in [5, 5.41) is 15.7. The van der Waals surface area contributed by atoms with Gasteiger partial charge in [0.1, 0.15) is 6.29 Å². The smallest absolute Gasteiger partial charge is 0.258 e. The molecular formula is C30H32N4O4. The molecule has 0 radical (unpaired) electrons. The molecule has 38 heavy (non-hydrogen) atoms. The van der Waals surface area contributed by atoms with Crippen LogP contribution in [-0.2, 0) is 4.79 Å². The first-order valence-corrected chi connectivity index (χ1v) is 12.5. The lowest BCUT2D eigenvalue weighted by molar-refractivity contribution is -0.110. The van der Waals surface area contributed by atoms with Crippen molar-refractivity contribution in [2.24, 2.45) is 0 Å². The van der Waals surface area contributed by atoms with Gasteiger partial charge in [0.15, 0.2) is 0 Å². The second kappa shape index (κ2) is 11.9. The van der Waals surface area contributed by atoms with Crippen LogP contribution >= 0.6 is 0 Å². The summed E-state index contributed by atoms with van der Waals surface area (Å²) in [5.41, 5.74) is 5.75. The second-order valence-electron chi connectivity index (χ2n) is 9.46. The fraction of sp³-hybridized carbons (Fsp3) is 0.233. The maximum Gasteiger partial charge on any atom is 0.258 e. The van der Waals surface area contributed by atoms with Crippen molar-refractivity contribution in [1.29, 1.82) is 0 Å². The Hall–Kier alpha value is -4.27. The van der Waals surface area contributed by atoms with Crippen molar-refractivity contribution in [3.8, 4) is 0 Å². The summed E-state index contributed by atoms with van der Waals surface area (Å²) in [4.78, 5) is 41.3. The van der Waals surface area contributed by atoms with Gasteiger partial charge in [-0.25, -0.2) is 0 Å². The number of aliphatic hydroxyl groups is 1. The number of hydrogen-bond donors (Lipinski definition) is 3. The van der Waals surface area contributed by atoms with Crippen LogP contribution in [0.25, 0.3) is 11.3 Å². The zero-order valence-electron chi connectivity index (χ0n) is 21.8. The molecule has 0 saturated heterocycles. The summed E-state index contributed by atoms with van der Waals surface area (Å²) >= 11 is 0. The minimum absolute atomic E-state index is 0.107. The molecule has 3 aromatic rings. The number of carbonyl (C=O) groups is 3. The van der Waals surface area contributed by atoms with Gasteiger partial charge in [0.05, 0.1) is 17.9 Å². The predicted octanol–water partition coefficient (Wildman–Crippen LogP) is 3.74. The normalized spacial score (nSPS) is 13.7. The SMILES string of the molecule is Cc1cc2c(cc1C=O)NC(=O)/C2=C(\Nc1ccc(C(=O)N(CCO)CCN(C)C)cc1)c1ccccc1. The average Bonchev–Trinajstić information content (AvgIpc) is 3.23. The molecule has 8 heteroatoms. The Bertz CT molecular complexity index is 1370. The molecule has 0 aromatic heterocycles. The number of aldehydes is 1. The molecule has 8 nitrogen and oxygen atoms in total. The van der Waals surface area contributed by atoms with Gasteiger partial charge in [-0.2, -0.15) is 0 Å². The Morgan fingerprint density at radius 2 is 1.68 bits per heavy atom. The first kappa shape index (κ1) is 26.8. The van der Waals surface area contributed by atoms with Crippen LogP contribution in [0.15, 0.2) is 66.7 Å². The highest BCUT2D eigenvalue weighted by molar-refractivity contribution is 6.37. The molecular weight excluding hydrogens is 480 g/mol. The molecule has 3 N–H and O–H groups in total. The number of aryl methyl sites for hydroxylation is 1. The van der Waals surface area contributed by atoms with Crippen LogP contribution in [0.2, 0.25) is 0 Å². The van der Waals surface area contributed by atoms with Crippen LogP contribution in [0.4, 0.5) is 11.4 Å². The number of amides is 2. The van der Waals surface area contributed by atoms with Crippen LogP contribution in [0.1, 0.15) is 37.4 Å². The summed E-state index contributed by atoms with van der Waals surface area (Å²) in [6, 6.07) is 20.2. The Morgan fingerprint density at radius 1 is 0.974 bits per heavy atom.